The Labute approximate surface area is 103 Å². The van der Waals surface area contributed by atoms with Crippen molar-refractivity contribution in [2.75, 3.05) is 18.0 Å². The van der Waals surface area contributed by atoms with Gasteiger partial charge < -0.3 is 15.7 Å². The van der Waals surface area contributed by atoms with Crippen molar-refractivity contribution in [1.82, 2.24) is 0 Å². The summed E-state index contributed by atoms with van der Waals surface area (Å²) in [7, 11) is 0. The lowest BCUT2D eigenvalue weighted by Crippen LogP contribution is -2.28. The summed E-state index contributed by atoms with van der Waals surface area (Å²) in [6.45, 7) is 2.90. The maximum absolute atomic E-state index is 13.8. The summed E-state index contributed by atoms with van der Waals surface area (Å²) in [6, 6.07) is 2.27. The van der Waals surface area contributed by atoms with Crippen LogP contribution < -0.4 is 10.6 Å². The minimum Gasteiger partial charge on any atom is -0.478 e. The molecule has 1 fully saturated rings. The van der Waals surface area contributed by atoms with E-state index in [1.54, 1.807) is 4.90 Å². The number of carboxylic acid groups (broad SMARTS) is 1. The number of aromatic carboxylic acids is 1. The van der Waals surface area contributed by atoms with E-state index in [0.717, 1.165) is 6.07 Å². The molecule has 0 saturated carbocycles. The van der Waals surface area contributed by atoms with Crippen molar-refractivity contribution in [2.24, 2.45) is 11.7 Å². The van der Waals surface area contributed by atoms with E-state index in [-0.39, 0.29) is 17.6 Å². The van der Waals surface area contributed by atoms with Crippen LogP contribution in [-0.2, 0) is 0 Å². The number of carboxylic acids is 1. The van der Waals surface area contributed by atoms with Gasteiger partial charge in [0, 0.05) is 19.1 Å². The molecule has 1 aliphatic heterocycles. The first-order valence-electron chi connectivity index (χ1n) is 5.63. The summed E-state index contributed by atoms with van der Waals surface area (Å²) in [5.74, 6) is -3.75. The van der Waals surface area contributed by atoms with Gasteiger partial charge in [0.1, 0.15) is 0 Å². The molecule has 1 aliphatic rings. The third kappa shape index (κ3) is 2.03. The second kappa shape index (κ2) is 4.53. The van der Waals surface area contributed by atoms with Crippen LogP contribution in [0.4, 0.5) is 14.5 Å². The molecule has 0 radical (unpaired) electrons. The van der Waals surface area contributed by atoms with Gasteiger partial charge in [-0.15, -0.1) is 0 Å². The molecule has 0 amide bonds. The number of hydrogen-bond acceptors (Lipinski definition) is 3. The molecule has 1 aromatic rings. The maximum Gasteiger partial charge on any atom is 0.338 e. The van der Waals surface area contributed by atoms with Crippen LogP contribution in [0, 0.1) is 17.6 Å². The summed E-state index contributed by atoms with van der Waals surface area (Å²) >= 11 is 0. The molecule has 6 heteroatoms. The van der Waals surface area contributed by atoms with Crippen LogP contribution in [-0.4, -0.2) is 30.2 Å². The lowest BCUT2D eigenvalue weighted by molar-refractivity contribution is 0.0690. The van der Waals surface area contributed by atoms with Crippen molar-refractivity contribution in [1.29, 1.82) is 0 Å². The van der Waals surface area contributed by atoms with Gasteiger partial charge in [-0.2, -0.15) is 0 Å². The predicted octanol–water partition coefficient (Wildman–Crippen LogP) is 1.45. The van der Waals surface area contributed by atoms with E-state index in [2.05, 4.69) is 0 Å². The molecule has 98 valence electrons. The monoisotopic (exact) mass is 256 g/mol. The number of hydrogen-bond donors (Lipinski definition) is 2. The van der Waals surface area contributed by atoms with Crippen LogP contribution in [0.3, 0.4) is 0 Å². The van der Waals surface area contributed by atoms with E-state index in [1.165, 1.54) is 6.07 Å². The van der Waals surface area contributed by atoms with Crippen LogP contribution in [0.1, 0.15) is 17.3 Å². The highest BCUT2D eigenvalue weighted by molar-refractivity contribution is 5.88. The third-order valence-corrected chi connectivity index (χ3v) is 3.30. The number of nitrogens with zero attached hydrogens (tertiary/aromatic N) is 1. The quantitative estimate of drug-likeness (QED) is 0.840. The molecule has 2 rings (SSSR count). The molecular weight excluding hydrogens is 242 g/mol. The zero-order valence-corrected chi connectivity index (χ0v) is 9.86. The Morgan fingerprint density at radius 3 is 2.56 bits per heavy atom. The average Bonchev–Trinajstić information content (AvgIpc) is 2.62. The van der Waals surface area contributed by atoms with E-state index in [1.807, 2.05) is 6.92 Å². The summed E-state index contributed by atoms with van der Waals surface area (Å²) in [4.78, 5) is 12.3. The SMILES string of the molecule is CC1CN(c2ccc(C(=O)O)c(F)c2F)CC1N. The van der Waals surface area contributed by atoms with Crippen molar-refractivity contribution in [2.45, 2.75) is 13.0 Å². The summed E-state index contributed by atoms with van der Waals surface area (Å²) in [5, 5.41) is 8.69. The Hall–Kier alpha value is -1.69. The smallest absolute Gasteiger partial charge is 0.338 e. The molecule has 2 atom stereocenters. The first-order valence-corrected chi connectivity index (χ1v) is 5.63. The second-order valence-electron chi connectivity index (χ2n) is 4.61. The van der Waals surface area contributed by atoms with E-state index in [0.29, 0.717) is 13.1 Å². The molecule has 18 heavy (non-hydrogen) atoms. The van der Waals surface area contributed by atoms with Crippen molar-refractivity contribution in [3.05, 3.63) is 29.3 Å². The molecule has 1 heterocycles. The second-order valence-corrected chi connectivity index (χ2v) is 4.61. The zero-order chi connectivity index (χ0) is 13.4. The predicted molar refractivity (Wildman–Crippen MR) is 62.7 cm³/mol. The van der Waals surface area contributed by atoms with Gasteiger partial charge in [0.25, 0.3) is 0 Å². The van der Waals surface area contributed by atoms with Gasteiger partial charge in [-0.05, 0) is 18.1 Å². The number of rotatable bonds is 2. The van der Waals surface area contributed by atoms with Gasteiger partial charge in [0.05, 0.1) is 11.3 Å². The Bertz CT molecular complexity index is 483. The number of anilines is 1. The van der Waals surface area contributed by atoms with E-state index in [4.69, 9.17) is 10.8 Å². The van der Waals surface area contributed by atoms with Crippen LogP contribution in [0.25, 0.3) is 0 Å². The van der Waals surface area contributed by atoms with Crippen molar-refractivity contribution in [3.8, 4) is 0 Å². The molecule has 0 spiro atoms. The van der Waals surface area contributed by atoms with Crippen molar-refractivity contribution in [3.63, 3.8) is 0 Å². The molecule has 1 saturated heterocycles. The Balaban J connectivity index is 2.36. The van der Waals surface area contributed by atoms with Crippen molar-refractivity contribution < 1.29 is 18.7 Å². The first-order chi connectivity index (χ1) is 8.41. The van der Waals surface area contributed by atoms with Gasteiger partial charge in [-0.25, -0.2) is 13.6 Å². The fourth-order valence-electron chi connectivity index (χ4n) is 2.14. The van der Waals surface area contributed by atoms with Gasteiger partial charge in [-0.1, -0.05) is 6.92 Å². The topological polar surface area (TPSA) is 66.6 Å². The summed E-state index contributed by atoms with van der Waals surface area (Å²) in [6.07, 6.45) is 0. The van der Waals surface area contributed by atoms with E-state index < -0.39 is 23.2 Å². The Morgan fingerprint density at radius 2 is 2.06 bits per heavy atom. The van der Waals surface area contributed by atoms with Crippen LogP contribution in [0.15, 0.2) is 12.1 Å². The molecular formula is C12H14F2N2O2. The molecule has 0 aromatic heterocycles. The number of carbonyl (C=O) groups is 1. The van der Waals surface area contributed by atoms with E-state index in [9.17, 15) is 13.6 Å². The Kier molecular flexibility index (Phi) is 3.21. The first kappa shape index (κ1) is 12.8. The van der Waals surface area contributed by atoms with Gasteiger partial charge in [-0.3, -0.25) is 0 Å². The molecule has 2 unspecified atom stereocenters. The number of nitrogens with two attached hydrogens (primary N) is 1. The highest BCUT2D eigenvalue weighted by atomic mass is 19.2. The number of benzene rings is 1. The minimum absolute atomic E-state index is 0.0669. The number of halogens is 2. The van der Waals surface area contributed by atoms with E-state index >= 15 is 0 Å². The molecule has 0 bridgehead atoms. The largest absolute Gasteiger partial charge is 0.478 e. The minimum atomic E-state index is -1.48. The Morgan fingerprint density at radius 1 is 1.39 bits per heavy atom. The molecule has 0 aliphatic carbocycles. The molecule has 4 nitrogen and oxygen atoms in total. The van der Waals surface area contributed by atoms with Gasteiger partial charge in [0.15, 0.2) is 11.6 Å². The van der Waals surface area contributed by atoms with Crippen LogP contribution in [0.5, 0.6) is 0 Å². The van der Waals surface area contributed by atoms with Gasteiger partial charge in [0.2, 0.25) is 0 Å². The molecule has 1 aromatic carbocycles. The highest BCUT2D eigenvalue weighted by Gasteiger charge is 2.30. The zero-order valence-electron chi connectivity index (χ0n) is 9.86. The molecule has 3 N–H and O–H groups in total. The summed E-state index contributed by atoms with van der Waals surface area (Å²) < 4.78 is 27.4. The van der Waals surface area contributed by atoms with Crippen LogP contribution >= 0.6 is 0 Å². The highest BCUT2D eigenvalue weighted by Crippen LogP contribution is 2.28. The maximum atomic E-state index is 13.8. The van der Waals surface area contributed by atoms with Crippen LogP contribution in [0.2, 0.25) is 0 Å². The average molecular weight is 256 g/mol. The van der Waals surface area contributed by atoms with Crippen molar-refractivity contribution >= 4 is 11.7 Å². The third-order valence-electron chi connectivity index (χ3n) is 3.30. The fraction of sp³-hybridized carbons (Fsp3) is 0.417. The summed E-state index contributed by atoms with van der Waals surface area (Å²) in [5.41, 5.74) is 5.23. The lowest BCUT2D eigenvalue weighted by Gasteiger charge is -2.19. The lowest BCUT2D eigenvalue weighted by atomic mass is 10.1. The van der Waals surface area contributed by atoms with Gasteiger partial charge >= 0.3 is 5.97 Å². The normalized spacial score (nSPS) is 23.4. The standard InChI is InChI=1S/C12H14F2N2O2/c1-6-4-16(5-8(6)15)9-3-2-7(12(17)18)10(13)11(9)14/h2-3,6,8H,4-5,15H2,1H3,(H,17,18). The fourth-order valence-corrected chi connectivity index (χ4v) is 2.14.